The summed E-state index contributed by atoms with van der Waals surface area (Å²) in [5.74, 6) is 1.35. The van der Waals surface area contributed by atoms with Crippen molar-refractivity contribution < 1.29 is 0 Å². The zero-order valence-corrected chi connectivity index (χ0v) is 14.3. The lowest BCUT2D eigenvalue weighted by molar-refractivity contribution is 0.169. The molecule has 0 radical (unpaired) electrons. The van der Waals surface area contributed by atoms with Gasteiger partial charge in [0.25, 0.3) is 0 Å². The molecule has 0 saturated carbocycles. The van der Waals surface area contributed by atoms with Crippen LogP contribution >= 0.6 is 11.6 Å². The predicted octanol–water partition coefficient (Wildman–Crippen LogP) is 1.90. The van der Waals surface area contributed by atoms with Gasteiger partial charge < -0.3 is 9.80 Å². The van der Waals surface area contributed by atoms with E-state index in [1.54, 1.807) is 0 Å². The molecule has 1 aromatic rings. The van der Waals surface area contributed by atoms with Gasteiger partial charge in [0.1, 0.15) is 0 Å². The van der Waals surface area contributed by atoms with E-state index in [9.17, 15) is 0 Å². The zero-order valence-electron chi connectivity index (χ0n) is 13.5. The third kappa shape index (κ3) is 3.55. The average Bonchev–Trinajstić information content (AvgIpc) is 2.45. The van der Waals surface area contributed by atoms with Crippen molar-refractivity contribution in [3.63, 3.8) is 0 Å². The molecule has 2 heterocycles. The van der Waals surface area contributed by atoms with Crippen LogP contribution in [0.1, 0.15) is 27.7 Å². The summed E-state index contributed by atoms with van der Waals surface area (Å²) in [6.45, 7) is 12.1. The number of nitrogens with zero attached hydrogens (tertiary/aromatic N) is 6. The van der Waals surface area contributed by atoms with Gasteiger partial charge in [0.15, 0.2) is 0 Å². The van der Waals surface area contributed by atoms with Crippen molar-refractivity contribution in [2.75, 3.05) is 43.0 Å². The third-order valence-corrected chi connectivity index (χ3v) is 4.44. The monoisotopic (exact) mass is 312 g/mol. The minimum atomic E-state index is 0.265. The van der Waals surface area contributed by atoms with Crippen LogP contribution in [-0.4, -0.2) is 65.2 Å². The summed E-state index contributed by atoms with van der Waals surface area (Å²) < 4.78 is 0. The minimum Gasteiger partial charge on any atom is -0.341 e. The Labute approximate surface area is 132 Å². The van der Waals surface area contributed by atoms with Gasteiger partial charge >= 0.3 is 0 Å². The number of anilines is 2. The standard InChI is InChI=1S/C14H25ClN6/c1-6-20(7-2)13-16-12(15)17-14(18-13)21-8-10(3)19(5)11(4)9-21/h10-11H,6-9H2,1-5H3. The fraction of sp³-hybridized carbons (Fsp3) is 0.786. The fourth-order valence-electron chi connectivity index (χ4n) is 2.69. The SMILES string of the molecule is CCN(CC)c1nc(Cl)nc(N2CC(C)N(C)C(C)C2)n1. The normalized spacial score (nSPS) is 23.4. The summed E-state index contributed by atoms with van der Waals surface area (Å²) in [7, 11) is 2.16. The summed E-state index contributed by atoms with van der Waals surface area (Å²) in [4.78, 5) is 19.9. The van der Waals surface area contributed by atoms with Gasteiger partial charge in [0, 0.05) is 38.3 Å². The van der Waals surface area contributed by atoms with Gasteiger partial charge in [0.05, 0.1) is 0 Å². The molecule has 118 valence electrons. The van der Waals surface area contributed by atoms with Gasteiger partial charge in [-0.3, -0.25) is 4.90 Å². The summed E-state index contributed by atoms with van der Waals surface area (Å²) in [5, 5.41) is 0.265. The maximum Gasteiger partial charge on any atom is 0.231 e. The van der Waals surface area contributed by atoms with E-state index in [4.69, 9.17) is 11.6 Å². The van der Waals surface area contributed by atoms with Crippen molar-refractivity contribution in [2.45, 2.75) is 39.8 Å². The molecule has 2 unspecified atom stereocenters. The first-order valence-electron chi connectivity index (χ1n) is 7.59. The molecule has 1 saturated heterocycles. The van der Waals surface area contributed by atoms with E-state index in [0.717, 1.165) is 26.2 Å². The highest BCUT2D eigenvalue weighted by Gasteiger charge is 2.28. The Morgan fingerprint density at radius 3 is 2.19 bits per heavy atom. The van der Waals surface area contributed by atoms with Crippen LogP contribution in [0.2, 0.25) is 5.28 Å². The molecular formula is C14H25ClN6. The number of likely N-dealkylation sites (N-methyl/N-ethyl adjacent to an activating group) is 1. The first kappa shape index (κ1) is 16.2. The predicted molar refractivity (Wildman–Crippen MR) is 87.3 cm³/mol. The van der Waals surface area contributed by atoms with Gasteiger partial charge in [-0.1, -0.05) is 0 Å². The first-order chi connectivity index (χ1) is 9.96. The Morgan fingerprint density at radius 2 is 1.67 bits per heavy atom. The fourth-order valence-corrected chi connectivity index (χ4v) is 2.84. The highest BCUT2D eigenvalue weighted by Crippen LogP contribution is 2.21. The Morgan fingerprint density at radius 1 is 1.10 bits per heavy atom. The molecule has 0 N–H and O–H groups in total. The van der Waals surface area contributed by atoms with Crippen molar-refractivity contribution in [3.8, 4) is 0 Å². The van der Waals surface area contributed by atoms with E-state index in [-0.39, 0.29) is 5.28 Å². The summed E-state index contributed by atoms with van der Waals surface area (Å²) in [6, 6.07) is 0.919. The van der Waals surface area contributed by atoms with Gasteiger partial charge in [-0.05, 0) is 46.3 Å². The van der Waals surface area contributed by atoms with E-state index in [0.29, 0.717) is 24.0 Å². The Kier molecular flexibility index (Phi) is 5.22. The summed E-state index contributed by atoms with van der Waals surface area (Å²) >= 11 is 6.10. The van der Waals surface area contributed by atoms with E-state index >= 15 is 0 Å². The van der Waals surface area contributed by atoms with E-state index in [1.807, 2.05) is 0 Å². The molecule has 6 nitrogen and oxygen atoms in total. The molecular weight excluding hydrogens is 288 g/mol. The maximum atomic E-state index is 6.10. The topological polar surface area (TPSA) is 48.4 Å². The van der Waals surface area contributed by atoms with E-state index < -0.39 is 0 Å². The van der Waals surface area contributed by atoms with Crippen LogP contribution in [0, 0.1) is 0 Å². The van der Waals surface area contributed by atoms with Crippen LogP contribution in [0.3, 0.4) is 0 Å². The highest BCUT2D eigenvalue weighted by molar-refractivity contribution is 6.28. The molecule has 0 spiro atoms. The Bertz CT molecular complexity index is 467. The molecule has 0 bridgehead atoms. The molecule has 1 aliphatic rings. The number of piperazine rings is 1. The molecule has 1 aromatic heterocycles. The largest absolute Gasteiger partial charge is 0.341 e. The quantitative estimate of drug-likeness (QED) is 0.846. The van der Waals surface area contributed by atoms with Crippen molar-refractivity contribution in [3.05, 3.63) is 5.28 Å². The lowest BCUT2D eigenvalue weighted by Crippen LogP contribution is -2.55. The third-order valence-electron chi connectivity index (χ3n) is 4.27. The van der Waals surface area contributed by atoms with Crippen LogP contribution < -0.4 is 9.80 Å². The summed E-state index contributed by atoms with van der Waals surface area (Å²) in [6.07, 6.45) is 0. The molecule has 0 amide bonds. The van der Waals surface area contributed by atoms with Crippen LogP contribution in [0.5, 0.6) is 0 Å². The van der Waals surface area contributed by atoms with E-state index in [2.05, 4.69) is 64.4 Å². The van der Waals surface area contributed by atoms with Crippen LogP contribution in [0.25, 0.3) is 0 Å². The number of rotatable bonds is 4. The van der Waals surface area contributed by atoms with Crippen molar-refractivity contribution in [1.29, 1.82) is 0 Å². The molecule has 2 atom stereocenters. The van der Waals surface area contributed by atoms with Crippen LogP contribution in [-0.2, 0) is 0 Å². The molecule has 2 rings (SSSR count). The minimum absolute atomic E-state index is 0.265. The highest BCUT2D eigenvalue weighted by atomic mass is 35.5. The van der Waals surface area contributed by atoms with Crippen molar-refractivity contribution >= 4 is 23.5 Å². The number of hydrogen-bond acceptors (Lipinski definition) is 6. The van der Waals surface area contributed by atoms with Crippen LogP contribution in [0.15, 0.2) is 0 Å². The molecule has 0 aliphatic carbocycles. The van der Waals surface area contributed by atoms with Crippen molar-refractivity contribution in [2.24, 2.45) is 0 Å². The molecule has 7 heteroatoms. The second-order valence-corrected chi connectivity index (χ2v) is 5.98. The lowest BCUT2D eigenvalue weighted by atomic mass is 10.1. The average molecular weight is 313 g/mol. The zero-order chi connectivity index (χ0) is 15.6. The van der Waals surface area contributed by atoms with Gasteiger partial charge in [-0.25, -0.2) is 0 Å². The lowest BCUT2D eigenvalue weighted by Gasteiger charge is -2.42. The molecule has 21 heavy (non-hydrogen) atoms. The Balaban J connectivity index is 2.27. The van der Waals surface area contributed by atoms with Gasteiger partial charge in [0.2, 0.25) is 17.2 Å². The number of hydrogen-bond donors (Lipinski definition) is 0. The second-order valence-electron chi connectivity index (χ2n) is 5.65. The molecule has 1 aliphatic heterocycles. The molecule has 1 fully saturated rings. The number of halogens is 1. The van der Waals surface area contributed by atoms with Gasteiger partial charge in [-0.15, -0.1) is 0 Å². The van der Waals surface area contributed by atoms with Gasteiger partial charge in [-0.2, -0.15) is 15.0 Å². The Hall–Kier alpha value is -1.14. The smallest absolute Gasteiger partial charge is 0.231 e. The number of aromatic nitrogens is 3. The summed E-state index contributed by atoms with van der Waals surface area (Å²) in [5.41, 5.74) is 0. The maximum absolute atomic E-state index is 6.10. The first-order valence-corrected chi connectivity index (χ1v) is 7.97. The van der Waals surface area contributed by atoms with Crippen LogP contribution in [0.4, 0.5) is 11.9 Å². The second kappa shape index (κ2) is 6.75. The van der Waals surface area contributed by atoms with Crippen molar-refractivity contribution in [1.82, 2.24) is 19.9 Å². The van der Waals surface area contributed by atoms with E-state index in [1.165, 1.54) is 0 Å². The molecule has 0 aromatic carbocycles.